The largest absolute Gasteiger partial charge is 0.340 e. The molecule has 2 aromatic rings. The first kappa shape index (κ1) is 20.6. The first-order valence-corrected chi connectivity index (χ1v) is 9.71. The van der Waals surface area contributed by atoms with Gasteiger partial charge in [0.15, 0.2) is 0 Å². The van der Waals surface area contributed by atoms with Crippen molar-refractivity contribution >= 4 is 39.1 Å². The van der Waals surface area contributed by atoms with Crippen molar-refractivity contribution in [3.05, 3.63) is 63.9 Å². The highest BCUT2D eigenvalue weighted by molar-refractivity contribution is 7.89. The molecule has 5 nitrogen and oxygen atoms in total. The Morgan fingerprint density at radius 1 is 1.08 bits per heavy atom. The van der Waals surface area contributed by atoms with Crippen molar-refractivity contribution in [2.75, 3.05) is 20.6 Å². The molecule has 0 N–H and O–H groups in total. The van der Waals surface area contributed by atoms with E-state index in [1.165, 1.54) is 61.5 Å². The summed E-state index contributed by atoms with van der Waals surface area (Å²) in [5, 5.41) is 0.607. The summed E-state index contributed by atoms with van der Waals surface area (Å²) in [6.45, 7) is -0.466. The fourth-order valence-electron chi connectivity index (χ4n) is 2.19. The van der Waals surface area contributed by atoms with Gasteiger partial charge in [0.05, 0.1) is 11.4 Å². The Bertz CT molecular complexity index is 884. The monoisotopic (exact) mass is 418 g/mol. The fraction of sp³-hybridized carbons (Fsp3) is 0.235. The number of carbonyl (C=O) groups is 1. The van der Waals surface area contributed by atoms with Crippen LogP contribution in [0.25, 0.3) is 0 Å². The Balaban J connectivity index is 2.09. The van der Waals surface area contributed by atoms with Crippen LogP contribution in [0.5, 0.6) is 0 Å². The molecule has 0 bridgehead atoms. The van der Waals surface area contributed by atoms with Crippen LogP contribution < -0.4 is 0 Å². The topological polar surface area (TPSA) is 57.7 Å². The number of likely N-dealkylation sites (N-methyl/N-ethyl adjacent to an activating group) is 2. The molecule has 0 saturated carbocycles. The molecule has 140 valence electrons. The summed E-state index contributed by atoms with van der Waals surface area (Å²) in [4.78, 5) is 13.6. The molecule has 0 unspecified atom stereocenters. The minimum absolute atomic E-state index is 0.0250. The van der Waals surface area contributed by atoms with Crippen LogP contribution in [0.2, 0.25) is 10.0 Å². The van der Waals surface area contributed by atoms with E-state index in [0.717, 1.165) is 4.31 Å². The van der Waals surface area contributed by atoms with E-state index >= 15 is 0 Å². The van der Waals surface area contributed by atoms with Gasteiger partial charge >= 0.3 is 0 Å². The maximum atomic E-state index is 13.8. The van der Waals surface area contributed by atoms with E-state index in [4.69, 9.17) is 23.2 Å². The molecule has 0 aliphatic carbocycles. The Hall–Kier alpha value is -1.67. The highest BCUT2D eigenvalue weighted by atomic mass is 35.5. The maximum absolute atomic E-state index is 13.8. The van der Waals surface area contributed by atoms with Gasteiger partial charge in [0.25, 0.3) is 0 Å². The number of halogens is 3. The van der Waals surface area contributed by atoms with Crippen LogP contribution in [0.15, 0.2) is 47.4 Å². The first-order valence-electron chi connectivity index (χ1n) is 7.51. The normalized spacial score (nSPS) is 11.6. The Labute approximate surface area is 162 Å². The molecule has 0 atom stereocenters. The third kappa shape index (κ3) is 4.73. The van der Waals surface area contributed by atoms with E-state index in [1.54, 1.807) is 0 Å². The third-order valence-electron chi connectivity index (χ3n) is 3.76. The number of amides is 1. The first-order chi connectivity index (χ1) is 12.1. The zero-order valence-corrected chi connectivity index (χ0v) is 16.4. The number of sulfonamides is 1. The van der Waals surface area contributed by atoms with Crippen LogP contribution in [0.4, 0.5) is 4.39 Å². The van der Waals surface area contributed by atoms with Crippen molar-refractivity contribution in [1.82, 2.24) is 9.21 Å². The zero-order chi connectivity index (χ0) is 19.5. The van der Waals surface area contributed by atoms with E-state index < -0.39 is 28.3 Å². The van der Waals surface area contributed by atoms with Crippen molar-refractivity contribution in [3.8, 4) is 0 Å². The summed E-state index contributed by atoms with van der Waals surface area (Å²) in [5.74, 6) is -1.02. The molecule has 1 amide bonds. The van der Waals surface area contributed by atoms with Crippen LogP contribution in [0.3, 0.4) is 0 Å². The molecular weight excluding hydrogens is 402 g/mol. The van der Waals surface area contributed by atoms with Crippen molar-refractivity contribution in [2.24, 2.45) is 0 Å². The highest BCUT2D eigenvalue weighted by Crippen LogP contribution is 2.21. The Morgan fingerprint density at radius 3 is 2.27 bits per heavy atom. The van der Waals surface area contributed by atoms with Crippen molar-refractivity contribution in [1.29, 1.82) is 0 Å². The summed E-state index contributed by atoms with van der Waals surface area (Å²) < 4.78 is 39.8. The van der Waals surface area contributed by atoms with Crippen LogP contribution in [0, 0.1) is 5.82 Å². The molecule has 2 rings (SSSR count). The molecule has 0 radical (unpaired) electrons. The predicted molar refractivity (Wildman–Crippen MR) is 99.2 cm³/mol. The van der Waals surface area contributed by atoms with Crippen LogP contribution in [0.1, 0.15) is 5.56 Å². The van der Waals surface area contributed by atoms with Gasteiger partial charge < -0.3 is 4.90 Å². The SMILES string of the molecule is CN(Cc1c(F)cccc1Cl)C(=O)CN(C)S(=O)(=O)c1ccc(Cl)cc1. The molecule has 0 heterocycles. The maximum Gasteiger partial charge on any atom is 0.243 e. The lowest BCUT2D eigenvalue weighted by molar-refractivity contribution is -0.130. The quantitative estimate of drug-likeness (QED) is 0.721. The highest BCUT2D eigenvalue weighted by Gasteiger charge is 2.24. The Morgan fingerprint density at radius 2 is 1.69 bits per heavy atom. The molecular formula is C17H17Cl2FN2O3S. The van der Waals surface area contributed by atoms with E-state index in [0.29, 0.717) is 5.02 Å². The van der Waals surface area contributed by atoms with Gasteiger partial charge in [0, 0.05) is 36.2 Å². The van der Waals surface area contributed by atoms with Gasteiger partial charge in [-0.2, -0.15) is 4.31 Å². The fourth-order valence-corrected chi connectivity index (χ4v) is 3.66. The lowest BCUT2D eigenvalue weighted by Gasteiger charge is -2.22. The number of benzene rings is 2. The van der Waals surface area contributed by atoms with Crippen molar-refractivity contribution in [2.45, 2.75) is 11.4 Å². The van der Waals surface area contributed by atoms with Crippen LogP contribution in [-0.4, -0.2) is 44.2 Å². The second kappa shape index (κ2) is 8.35. The van der Waals surface area contributed by atoms with Crippen molar-refractivity contribution < 1.29 is 17.6 Å². The molecule has 0 aliphatic rings. The number of carbonyl (C=O) groups excluding carboxylic acids is 1. The van der Waals surface area contributed by atoms with E-state index in [9.17, 15) is 17.6 Å². The lowest BCUT2D eigenvalue weighted by Crippen LogP contribution is -2.39. The summed E-state index contributed by atoms with van der Waals surface area (Å²) in [7, 11) is -1.10. The third-order valence-corrected chi connectivity index (χ3v) is 6.19. The molecule has 0 fully saturated rings. The number of nitrogens with zero attached hydrogens (tertiary/aromatic N) is 2. The van der Waals surface area contributed by atoms with Gasteiger partial charge in [0.2, 0.25) is 15.9 Å². The van der Waals surface area contributed by atoms with Gasteiger partial charge in [-0.1, -0.05) is 29.3 Å². The number of rotatable bonds is 6. The average Bonchev–Trinajstić information content (AvgIpc) is 2.58. The Kier molecular flexibility index (Phi) is 6.63. The molecule has 9 heteroatoms. The summed E-state index contributed by atoms with van der Waals surface area (Å²) in [6.07, 6.45) is 0. The lowest BCUT2D eigenvalue weighted by atomic mass is 10.2. The minimum atomic E-state index is -3.85. The molecule has 26 heavy (non-hydrogen) atoms. The van der Waals surface area contributed by atoms with Gasteiger partial charge in [-0.15, -0.1) is 0 Å². The van der Waals surface area contributed by atoms with Crippen LogP contribution >= 0.6 is 23.2 Å². The second-order valence-corrected chi connectivity index (χ2v) is 8.55. The molecule has 0 spiro atoms. The van der Waals surface area contributed by atoms with Gasteiger partial charge in [-0.3, -0.25) is 4.79 Å². The zero-order valence-electron chi connectivity index (χ0n) is 14.1. The predicted octanol–water partition coefficient (Wildman–Crippen LogP) is 3.41. The molecule has 2 aromatic carbocycles. The average molecular weight is 419 g/mol. The molecule has 0 aromatic heterocycles. The minimum Gasteiger partial charge on any atom is -0.340 e. The van der Waals surface area contributed by atoms with Gasteiger partial charge in [0.1, 0.15) is 5.82 Å². The smallest absolute Gasteiger partial charge is 0.243 e. The van der Waals surface area contributed by atoms with Gasteiger partial charge in [-0.25, -0.2) is 12.8 Å². The summed E-state index contributed by atoms with van der Waals surface area (Å²) in [6, 6.07) is 9.87. The summed E-state index contributed by atoms with van der Waals surface area (Å²) >= 11 is 11.7. The number of hydrogen-bond acceptors (Lipinski definition) is 3. The molecule has 0 aliphatic heterocycles. The number of hydrogen-bond donors (Lipinski definition) is 0. The summed E-state index contributed by atoms with van der Waals surface area (Å²) in [5.41, 5.74) is 0.174. The molecule has 0 saturated heterocycles. The van der Waals surface area contributed by atoms with Crippen molar-refractivity contribution in [3.63, 3.8) is 0 Å². The van der Waals surface area contributed by atoms with E-state index in [1.807, 2.05) is 0 Å². The van der Waals surface area contributed by atoms with Gasteiger partial charge in [-0.05, 0) is 36.4 Å². The van der Waals surface area contributed by atoms with Crippen LogP contribution in [-0.2, 0) is 21.4 Å². The van der Waals surface area contributed by atoms with E-state index in [2.05, 4.69) is 0 Å². The second-order valence-electron chi connectivity index (χ2n) is 5.67. The van der Waals surface area contributed by atoms with E-state index in [-0.39, 0.29) is 22.0 Å². The standard InChI is InChI=1S/C17H17Cl2FN2O3S/c1-21(10-14-15(19)4-3-5-16(14)20)17(23)11-22(2)26(24,25)13-8-6-12(18)7-9-13/h3-9H,10-11H2,1-2H3.